The number of amides is 1. The summed E-state index contributed by atoms with van der Waals surface area (Å²) in [5.74, 6) is 0.694. The van der Waals surface area contributed by atoms with E-state index >= 15 is 0 Å². The van der Waals surface area contributed by atoms with Gasteiger partial charge in [0.1, 0.15) is 11.6 Å². The van der Waals surface area contributed by atoms with E-state index in [0.29, 0.717) is 30.3 Å². The molecule has 1 amide bonds. The van der Waals surface area contributed by atoms with E-state index in [1.165, 1.54) is 6.07 Å². The van der Waals surface area contributed by atoms with Crippen LogP contribution in [0.15, 0.2) is 36.4 Å². The van der Waals surface area contributed by atoms with Crippen molar-refractivity contribution in [3.8, 4) is 0 Å². The highest BCUT2D eigenvalue weighted by molar-refractivity contribution is 5.92. The first-order chi connectivity index (χ1) is 11.6. The number of halogens is 1. The summed E-state index contributed by atoms with van der Waals surface area (Å²) < 4.78 is 13.5. The molecule has 1 aromatic carbocycles. The molecule has 0 aliphatic rings. The molecule has 0 aliphatic heterocycles. The smallest absolute Gasteiger partial charge is 0.271 e. The predicted octanol–water partition coefficient (Wildman–Crippen LogP) is 3.05. The molecular weight excluding hydrogens is 307 g/mol. The van der Waals surface area contributed by atoms with Crippen LogP contribution in [-0.2, 0) is 6.42 Å². The van der Waals surface area contributed by atoms with Crippen molar-refractivity contribution >= 4 is 11.7 Å². The van der Waals surface area contributed by atoms with Crippen LogP contribution in [0.5, 0.6) is 0 Å². The van der Waals surface area contributed by atoms with E-state index in [9.17, 15) is 9.18 Å². The topological polar surface area (TPSA) is 66.9 Å². The van der Waals surface area contributed by atoms with Crippen molar-refractivity contribution in [2.75, 3.05) is 18.4 Å². The Morgan fingerprint density at radius 1 is 1.12 bits per heavy atom. The van der Waals surface area contributed by atoms with Gasteiger partial charge in [0, 0.05) is 13.1 Å². The van der Waals surface area contributed by atoms with Crippen molar-refractivity contribution in [3.05, 3.63) is 53.5 Å². The van der Waals surface area contributed by atoms with Crippen LogP contribution in [-0.4, -0.2) is 29.2 Å². The molecule has 128 valence electrons. The predicted molar refractivity (Wildman–Crippen MR) is 92.4 cm³/mol. The molecule has 1 heterocycles. The van der Waals surface area contributed by atoms with Gasteiger partial charge in [0.25, 0.3) is 5.91 Å². The average molecular weight is 330 g/mol. The van der Waals surface area contributed by atoms with Gasteiger partial charge in [-0.1, -0.05) is 32.0 Å². The molecular formula is C18H23FN4O. The van der Waals surface area contributed by atoms with Crippen LogP contribution in [0.1, 0.15) is 36.3 Å². The largest absolute Gasteiger partial charge is 0.369 e. The third-order valence-electron chi connectivity index (χ3n) is 3.56. The number of nitrogens with one attached hydrogen (secondary N) is 2. The number of anilines is 1. The molecule has 6 heteroatoms. The molecule has 2 N–H and O–H groups in total. The van der Waals surface area contributed by atoms with Gasteiger partial charge in [-0.05, 0) is 42.5 Å². The van der Waals surface area contributed by atoms with Gasteiger partial charge in [-0.2, -0.15) is 0 Å². The Kier molecular flexibility index (Phi) is 6.66. The summed E-state index contributed by atoms with van der Waals surface area (Å²) >= 11 is 0. The number of carbonyl (C=O) groups excluding carboxylic acids is 1. The Bertz CT molecular complexity index is 658. The van der Waals surface area contributed by atoms with Gasteiger partial charge in [0.2, 0.25) is 0 Å². The molecule has 0 saturated heterocycles. The Morgan fingerprint density at radius 3 is 2.58 bits per heavy atom. The fraction of sp³-hybridized carbons (Fsp3) is 0.389. The quantitative estimate of drug-likeness (QED) is 0.781. The van der Waals surface area contributed by atoms with E-state index in [-0.39, 0.29) is 17.4 Å². The Balaban J connectivity index is 1.79. The maximum absolute atomic E-state index is 13.5. The van der Waals surface area contributed by atoms with E-state index in [2.05, 4.69) is 34.7 Å². The van der Waals surface area contributed by atoms with E-state index in [1.54, 1.807) is 30.3 Å². The first-order valence-electron chi connectivity index (χ1n) is 8.15. The fourth-order valence-electron chi connectivity index (χ4n) is 2.14. The molecule has 0 spiro atoms. The molecule has 0 bridgehead atoms. The SMILES string of the molecule is CC(C)CCNc1ccc(C(=O)NCCc2ccccc2F)nn1. The Morgan fingerprint density at radius 2 is 1.92 bits per heavy atom. The second-order valence-electron chi connectivity index (χ2n) is 6.01. The van der Waals surface area contributed by atoms with Gasteiger partial charge >= 0.3 is 0 Å². The molecule has 24 heavy (non-hydrogen) atoms. The molecule has 0 radical (unpaired) electrons. The lowest BCUT2D eigenvalue weighted by Gasteiger charge is -2.08. The molecule has 0 saturated carbocycles. The third kappa shape index (κ3) is 5.61. The van der Waals surface area contributed by atoms with Crippen LogP contribution < -0.4 is 10.6 Å². The molecule has 2 aromatic rings. The maximum atomic E-state index is 13.5. The van der Waals surface area contributed by atoms with Crippen molar-refractivity contribution < 1.29 is 9.18 Å². The molecule has 2 rings (SSSR count). The van der Waals surface area contributed by atoms with Crippen molar-refractivity contribution in [3.63, 3.8) is 0 Å². The second-order valence-corrected chi connectivity index (χ2v) is 6.01. The number of benzene rings is 1. The fourth-order valence-corrected chi connectivity index (χ4v) is 2.14. The van der Waals surface area contributed by atoms with Gasteiger partial charge in [-0.3, -0.25) is 4.79 Å². The Labute approximate surface area is 141 Å². The summed E-state index contributed by atoms with van der Waals surface area (Å²) in [5, 5.41) is 13.8. The minimum absolute atomic E-state index is 0.248. The first-order valence-corrected chi connectivity index (χ1v) is 8.15. The summed E-state index contributed by atoms with van der Waals surface area (Å²) in [7, 11) is 0. The summed E-state index contributed by atoms with van der Waals surface area (Å²) in [6.07, 6.45) is 1.47. The lowest BCUT2D eigenvalue weighted by molar-refractivity contribution is 0.0948. The molecule has 0 unspecified atom stereocenters. The zero-order valence-corrected chi connectivity index (χ0v) is 14.1. The number of hydrogen-bond donors (Lipinski definition) is 2. The Hall–Kier alpha value is -2.50. The van der Waals surface area contributed by atoms with Crippen LogP contribution in [0.2, 0.25) is 0 Å². The molecule has 0 atom stereocenters. The van der Waals surface area contributed by atoms with Crippen molar-refractivity contribution in [2.24, 2.45) is 5.92 Å². The lowest BCUT2D eigenvalue weighted by atomic mass is 10.1. The second kappa shape index (κ2) is 8.96. The lowest BCUT2D eigenvalue weighted by Crippen LogP contribution is -2.27. The van der Waals surface area contributed by atoms with Gasteiger partial charge in [0.15, 0.2) is 5.69 Å². The highest BCUT2D eigenvalue weighted by Gasteiger charge is 2.08. The molecule has 0 fully saturated rings. The van der Waals surface area contributed by atoms with E-state index in [0.717, 1.165) is 13.0 Å². The number of aromatic nitrogens is 2. The van der Waals surface area contributed by atoms with Crippen molar-refractivity contribution in [1.29, 1.82) is 0 Å². The number of hydrogen-bond acceptors (Lipinski definition) is 4. The minimum Gasteiger partial charge on any atom is -0.369 e. The van der Waals surface area contributed by atoms with Gasteiger partial charge in [-0.25, -0.2) is 4.39 Å². The van der Waals surface area contributed by atoms with Crippen LogP contribution in [0.4, 0.5) is 10.2 Å². The standard InChI is InChI=1S/C18H23FN4O/c1-13(2)9-11-20-17-8-7-16(22-23-17)18(24)21-12-10-14-5-3-4-6-15(14)19/h3-8,13H,9-12H2,1-2H3,(H,20,23)(H,21,24). The van der Waals surface area contributed by atoms with Crippen molar-refractivity contribution in [2.45, 2.75) is 26.7 Å². The van der Waals surface area contributed by atoms with Crippen LogP contribution in [0.25, 0.3) is 0 Å². The summed E-state index contributed by atoms with van der Waals surface area (Å²) in [6.45, 7) is 5.47. The highest BCUT2D eigenvalue weighted by Crippen LogP contribution is 2.07. The highest BCUT2D eigenvalue weighted by atomic mass is 19.1. The zero-order chi connectivity index (χ0) is 17.4. The molecule has 1 aromatic heterocycles. The summed E-state index contributed by atoms with van der Waals surface area (Å²) in [5.41, 5.74) is 0.825. The maximum Gasteiger partial charge on any atom is 0.271 e. The van der Waals surface area contributed by atoms with Gasteiger partial charge in [0.05, 0.1) is 0 Å². The van der Waals surface area contributed by atoms with Gasteiger partial charge < -0.3 is 10.6 Å². The molecule has 5 nitrogen and oxygen atoms in total. The van der Waals surface area contributed by atoms with E-state index in [4.69, 9.17) is 0 Å². The summed E-state index contributed by atoms with van der Waals surface area (Å²) in [6, 6.07) is 9.90. The van der Waals surface area contributed by atoms with Crippen molar-refractivity contribution in [1.82, 2.24) is 15.5 Å². The minimum atomic E-state index is -0.312. The van der Waals surface area contributed by atoms with E-state index in [1.807, 2.05) is 0 Å². The van der Waals surface area contributed by atoms with E-state index < -0.39 is 0 Å². The van der Waals surface area contributed by atoms with Crippen LogP contribution >= 0.6 is 0 Å². The number of nitrogens with zero attached hydrogens (tertiary/aromatic N) is 2. The monoisotopic (exact) mass is 330 g/mol. The average Bonchev–Trinajstić information content (AvgIpc) is 2.57. The zero-order valence-electron chi connectivity index (χ0n) is 14.1. The van der Waals surface area contributed by atoms with Crippen LogP contribution in [0, 0.1) is 11.7 Å². The normalized spacial score (nSPS) is 10.7. The number of carbonyl (C=O) groups is 1. The van der Waals surface area contributed by atoms with Crippen LogP contribution in [0.3, 0.4) is 0 Å². The van der Waals surface area contributed by atoms with Gasteiger partial charge in [-0.15, -0.1) is 10.2 Å². The first kappa shape index (κ1) is 17.8. The molecule has 0 aliphatic carbocycles. The number of rotatable bonds is 8. The summed E-state index contributed by atoms with van der Waals surface area (Å²) in [4.78, 5) is 12.0. The third-order valence-corrected chi connectivity index (χ3v) is 3.56.